The Morgan fingerprint density at radius 2 is 2.25 bits per heavy atom. The predicted molar refractivity (Wildman–Crippen MR) is 76.7 cm³/mol. The first-order chi connectivity index (χ1) is 9.49. The van der Waals surface area contributed by atoms with Crippen LogP contribution in [0.1, 0.15) is 25.3 Å². The Kier molecular flexibility index (Phi) is 4.34. The lowest BCUT2D eigenvalue weighted by Crippen LogP contribution is -2.48. The number of nitrogens with one attached hydrogen (secondary N) is 2. The van der Waals surface area contributed by atoms with E-state index in [1.807, 2.05) is 0 Å². The summed E-state index contributed by atoms with van der Waals surface area (Å²) in [7, 11) is 0. The molecule has 1 aromatic carbocycles. The first-order valence-electron chi connectivity index (χ1n) is 6.78. The zero-order chi connectivity index (χ0) is 14.7. The van der Waals surface area contributed by atoms with Crippen LogP contribution < -0.4 is 10.6 Å². The minimum atomic E-state index is -0.441. The second-order valence-electron chi connectivity index (χ2n) is 5.30. The van der Waals surface area contributed by atoms with E-state index in [1.165, 1.54) is 12.1 Å². The number of rotatable bonds is 3. The third-order valence-corrected chi connectivity index (χ3v) is 3.73. The Hall–Kier alpha value is -1.95. The quantitative estimate of drug-likeness (QED) is 0.655. The van der Waals surface area contributed by atoms with Crippen molar-refractivity contribution in [1.82, 2.24) is 5.32 Å². The van der Waals surface area contributed by atoms with Crippen molar-refractivity contribution >= 4 is 17.3 Å². The summed E-state index contributed by atoms with van der Waals surface area (Å²) in [5, 5.41) is 16.8. The molecule has 1 saturated heterocycles. The maximum Gasteiger partial charge on any atom is 0.269 e. The molecule has 2 rings (SSSR count). The molecule has 6 nitrogen and oxygen atoms in total. The smallest absolute Gasteiger partial charge is 0.269 e. The molecule has 1 heterocycles. The van der Waals surface area contributed by atoms with Crippen LogP contribution in [0.3, 0.4) is 0 Å². The molecule has 2 atom stereocenters. The number of benzene rings is 1. The van der Waals surface area contributed by atoms with Crippen LogP contribution >= 0.6 is 0 Å². The van der Waals surface area contributed by atoms with Crippen LogP contribution in [-0.4, -0.2) is 23.4 Å². The van der Waals surface area contributed by atoms with Gasteiger partial charge in [-0.1, -0.05) is 6.92 Å². The van der Waals surface area contributed by atoms with Crippen molar-refractivity contribution in [2.45, 2.75) is 32.7 Å². The fraction of sp³-hybridized carbons (Fsp3) is 0.500. The average Bonchev–Trinajstić information content (AvgIpc) is 2.41. The topological polar surface area (TPSA) is 84.3 Å². The molecular formula is C14H19N3O3. The second kappa shape index (κ2) is 6.00. The number of aryl methyl sites for hydroxylation is 1. The SMILES string of the molecule is Cc1cc([N+](=O)[O-])ccc1NC(=O)C1NCCCC1C. The maximum atomic E-state index is 12.2. The van der Waals surface area contributed by atoms with Crippen molar-refractivity contribution in [1.29, 1.82) is 0 Å². The van der Waals surface area contributed by atoms with E-state index in [0.717, 1.165) is 19.4 Å². The van der Waals surface area contributed by atoms with Gasteiger partial charge in [0.25, 0.3) is 5.69 Å². The molecule has 1 fully saturated rings. The highest BCUT2D eigenvalue weighted by atomic mass is 16.6. The van der Waals surface area contributed by atoms with E-state index in [1.54, 1.807) is 13.0 Å². The fourth-order valence-electron chi connectivity index (χ4n) is 2.51. The largest absolute Gasteiger partial charge is 0.324 e. The fourth-order valence-corrected chi connectivity index (χ4v) is 2.51. The van der Waals surface area contributed by atoms with Crippen LogP contribution in [0, 0.1) is 23.0 Å². The summed E-state index contributed by atoms with van der Waals surface area (Å²) in [6, 6.07) is 4.25. The summed E-state index contributed by atoms with van der Waals surface area (Å²) in [5.41, 5.74) is 1.35. The van der Waals surface area contributed by atoms with Gasteiger partial charge in [0.2, 0.25) is 5.91 Å². The Labute approximate surface area is 117 Å². The summed E-state index contributed by atoms with van der Waals surface area (Å²) >= 11 is 0. The molecule has 0 spiro atoms. The minimum absolute atomic E-state index is 0.0321. The molecule has 0 aromatic heterocycles. The molecule has 20 heavy (non-hydrogen) atoms. The number of anilines is 1. The maximum absolute atomic E-state index is 12.2. The van der Waals surface area contributed by atoms with Gasteiger partial charge >= 0.3 is 0 Å². The predicted octanol–water partition coefficient (Wildman–Crippen LogP) is 2.23. The van der Waals surface area contributed by atoms with E-state index >= 15 is 0 Å². The van der Waals surface area contributed by atoms with E-state index in [2.05, 4.69) is 17.6 Å². The minimum Gasteiger partial charge on any atom is -0.324 e. The molecule has 108 valence electrons. The van der Waals surface area contributed by atoms with Crippen molar-refractivity contribution in [3.05, 3.63) is 33.9 Å². The van der Waals surface area contributed by atoms with Gasteiger partial charge in [0.05, 0.1) is 11.0 Å². The van der Waals surface area contributed by atoms with Crippen LogP contribution in [0.25, 0.3) is 0 Å². The van der Waals surface area contributed by atoms with E-state index in [4.69, 9.17) is 0 Å². The number of nitro benzene ring substituents is 1. The van der Waals surface area contributed by atoms with E-state index in [-0.39, 0.29) is 17.6 Å². The number of piperidine rings is 1. The van der Waals surface area contributed by atoms with Crippen molar-refractivity contribution in [2.75, 3.05) is 11.9 Å². The summed E-state index contributed by atoms with van der Waals surface area (Å²) < 4.78 is 0. The molecular weight excluding hydrogens is 258 g/mol. The van der Waals surface area contributed by atoms with E-state index < -0.39 is 4.92 Å². The number of nitrogens with zero attached hydrogens (tertiary/aromatic N) is 1. The lowest BCUT2D eigenvalue weighted by atomic mass is 9.92. The van der Waals surface area contributed by atoms with Crippen LogP contribution in [-0.2, 0) is 4.79 Å². The van der Waals surface area contributed by atoms with Gasteiger partial charge in [-0.05, 0) is 43.9 Å². The highest BCUT2D eigenvalue weighted by molar-refractivity contribution is 5.95. The first kappa shape index (κ1) is 14.5. The van der Waals surface area contributed by atoms with Gasteiger partial charge in [-0.25, -0.2) is 0 Å². The van der Waals surface area contributed by atoms with Gasteiger partial charge < -0.3 is 10.6 Å². The summed E-state index contributed by atoms with van der Waals surface area (Å²) in [5.74, 6) is 0.219. The second-order valence-corrected chi connectivity index (χ2v) is 5.30. The molecule has 0 bridgehead atoms. The Bertz CT molecular complexity index is 530. The first-order valence-corrected chi connectivity index (χ1v) is 6.78. The molecule has 2 N–H and O–H groups in total. The molecule has 0 radical (unpaired) electrons. The van der Waals surface area contributed by atoms with E-state index in [0.29, 0.717) is 17.2 Å². The lowest BCUT2D eigenvalue weighted by molar-refractivity contribution is -0.384. The number of hydrogen-bond donors (Lipinski definition) is 2. The summed E-state index contributed by atoms with van der Waals surface area (Å²) in [6.45, 7) is 4.65. The molecule has 0 aliphatic carbocycles. The molecule has 1 aliphatic heterocycles. The number of amides is 1. The van der Waals surface area contributed by atoms with Crippen molar-refractivity contribution in [2.24, 2.45) is 5.92 Å². The number of carbonyl (C=O) groups is 1. The number of non-ortho nitro benzene ring substituents is 1. The third kappa shape index (κ3) is 3.14. The number of nitro groups is 1. The van der Waals surface area contributed by atoms with Gasteiger partial charge in [-0.3, -0.25) is 14.9 Å². The summed E-state index contributed by atoms with van der Waals surface area (Å²) in [6.07, 6.45) is 2.12. The van der Waals surface area contributed by atoms with Crippen LogP contribution in [0.15, 0.2) is 18.2 Å². The molecule has 1 aliphatic rings. The highest BCUT2D eigenvalue weighted by Crippen LogP contribution is 2.23. The van der Waals surface area contributed by atoms with Gasteiger partial charge in [-0.2, -0.15) is 0 Å². The molecule has 6 heteroatoms. The van der Waals surface area contributed by atoms with Gasteiger partial charge in [0, 0.05) is 17.8 Å². The van der Waals surface area contributed by atoms with Crippen LogP contribution in [0.5, 0.6) is 0 Å². The standard InChI is InChI=1S/C14H19N3O3/c1-9-4-3-7-15-13(9)14(18)16-12-6-5-11(17(19)20)8-10(12)2/h5-6,8-9,13,15H,3-4,7H2,1-2H3,(H,16,18). The molecule has 1 aromatic rings. The Morgan fingerprint density at radius 3 is 2.85 bits per heavy atom. The van der Waals surface area contributed by atoms with E-state index in [9.17, 15) is 14.9 Å². The zero-order valence-corrected chi connectivity index (χ0v) is 11.7. The highest BCUT2D eigenvalue weighted by Gasteiger charge is 2.27. The van der Waals surface area contributed by atoms with Crippen LogP contribution in [0.4, 0.5) is 11.4 Å². The third-order valence-electron chi connectivity index (χ3n) is 3.73. The Morgan fingerprint density at radius 1 is 1.50 bits per heavy atom. The van der Waals surface area contributed by atoms with Crippen molar-refractivity contribution < 1.29 is 9.72 Å². The Balaban J connectivity index is 2.09. The zero-order valence-electron chi connectivity index (χ0n) is 11.7. The lowest BCUT2D eigenvalue weighted by Gasteiger charge is -2.29. The van der Waals surface area contributed by atoms with Crippen molar-refractivity contribution in [3.8, 4) is 0 Å². The molecule has 0 saturated carbocycles. The molecule has 2 unspecified atom stereocenters. The van der Waals surface area contributed by atoms with Gasteiger partial charge in [0.15, 0.2) is 0 Å². The number of carbonyl (C=O) groups excluding carboxylic acids is 1. The van der Waals surface area contributed by atoms with Crippen LogP contribution in [0.2, 0.25) is 0 Å². The van der Waals surface area contributed by atoms with Crippen molar-refractivity contribution in [3.63, 3.8) is 0 Å². The van der Waals surface area contributed by atoms with Gasteiger partial charge in [0.1, 0.15) is 0 Å². The molecule has 1 amide bonds. The monoisotopic (exact) mass is 277 g/mol. The van der Waals surface area contributed by atoms with Gasteiger partial charge in [-0.15, -0.1) is 0 Å². The normalized spacial score (nSPS) is 22.3. The average molecular weight is 277 g/mol. The summed E-state index contributed by atoms with van der Waals surface area (Å²) in [4.78, 5) is 22.5. The number of hydrogen-bond acceptors (Lipinski definition) is 4.